The van der Waals surface area contributed by atoms with Crippen LogP contribution < -0.4 is 4.74 Å². The third-order valence-electron chi connectivity index (χ3n) is 3.73. The second kappa shape index (κ2) is 6.95. The molecule has 110 valence electrons. The number of aliphatic carboxylic acids is 1. The van der Waals surface area contributed by atoms with Gasteiger partial charge in [0.2, 0.25) is 0 Å². The van der Waals surface area contributed by atoms with Gasteiger partial charge in [0.1, 0.15) is 18.4 Å². The largest absolute Gasteiger partial charge is 0.492 e. The van der Waals surface area contributed by atoms with E-state index in [0.717, 1.165) is 25.1 Å². The van der Waals surface area contributed by atoms with Crippen LogP contribution >= 0.6 is 11.6 Å². The highest BCUT2D eigenvalue weighted by atomic mass is 35.5. The van der Waals surface area contributed by atoms with Crippen molar-refractivity contribution < 1.29 is 14.6 Å². The maximum Gasteiger partial charge on any atom is 0.321 e. The molecule has 0 aliphatic carbocycles. The van der Waals surface area contributed by atoms with E-state index in [4.69, 9.17) is 16.3 Å². The van der Waals surface area contributed by atoms with Crippen molar-refractivity contribution >= 4 is 17.6 Å². The molecule has 0 radical (unpaired) electrons. The third-order valence-corrected chi connectivity index (χ3v) is 3.97. The Labute approximate surface area is 124 Å². The minimum Gasteiger partial charge on any atom is -0.492 e. The van der Waals surface area contributed by atoms with Gasteiger partial charge in [0, 0.05) is 11.6 Å². The van der Waals surface area contributed by atoms with E-state index in [1.807, 2.05) is 24.0 Å². The SMILES string of the molecule is CC1CCCN(CCOc2cccc(Cl)c2)C1C(=O)O. The van der Waals surface area contributed by atoms with Crippen molar-refractivity contribution in [3.05, 3.63) is 29.3 Å². The smallest absolute Gasteiger partial charge is 0.321 e. The van der Waals surface area contributed by atoms with Crippen molar-refractivity contribution in [3.8, 4) is 5.75 Å². The molecule has 0 bridgehead atoms. The number of rotatable bonds is 5. The number of carboxylic acid groups (broad SMARTS) is 1. The second-order valence-corrected chi connectivity index (χ2v) is 5.68. The van der Waals surface area contributed by atoms with Gasteiger partial charge >= 0.3 is 5.97 Å². The third kappa shape index (κ3) is 3.87. The molecular weight excluding hydrogens is 278 g/mol. The summed E-state index contributed by atoms with van der Waals surface area (Å²) in [5, 5.41) is 9.97. The molecule has 20 heavy (non-hydrogen) atoms. The van der Waals surface area contributed by atoms with E-state index in [9.17, 15) is 9.90 Å². The van der Waals surface area contributed by atoms with Crippen LogP contribution in [0.4, 0.5) is 0 Å². The first-order valence-corrected chi connectivity index (χ1v) is 7.31. The number of benzene rings is 1. The summed E-state index contributed by atoms with van der Waals surface area (Å²) >= 11 is 5.89. The van der Waals surface area contributed by atoms with E-state index < -0.39 is 12.0 Å². The highest BCUT2D eigenvalue weighted by molar-refractivity contribution is 6.30. The minimum absolute atomic E-state index is 0.187. The summed E-state index contributed by atoms with van der Waals surface area (Å²) in [5.41, 5.74) is 0. The Hall–Kier alpha value is -1.26. The Morgan fingerprint density at radius 1 is 1.55 bits per heavy atom. The molecule has 1 aliphatic heterocycles. The second-order valence-electron chi connectivity index (χ2n) is 5.24. The first-order valence-electron chi connectivity index (χ1n) is 6.93. The first-order chi connectivity index (χ1) is 9.58. The Morgan fingerprint density at radius 3 is 3.05 bits per heavy atom. The number of carbonyl (C=O) groups is 1. The zero-order valence-electron chi connectivity index (χ0n) is 11.6. The van der Waals surface area contributed by atoms with E-state index in [2.05, 4.69) is 0 Å². The highest BCUT2D eigenvalue weighted by Gasteiger charge is 2.33. The van der Waals surface area contributed by atoms with Crippen LogP contribution in [0.1, 0.15) is 19.8 Å². The normalized spacial score (nSPS) is 23.5. The van der Waals surface area contributed by atoms with Crippen LogP contribution in [-0.4, -0.2) is 41.7 Å². The number of hydrogen-bond acceptors (Lipinski definition) is 3. The molecule has 2 rings (SSSR count). The molecule has 1 aromatic carbocycles. The molecule has 4 nitrogen and oxygen atoms in total. The molecule has 0 amide bonds. The van der Waals surface area contributed by atoms with Gasteiger partial charge in [-0.05, 0) is 43.5 Å². The monoisotopic (exact) mass is 297 g/mol. The van der Waals surface area contributed by atoms with Gasteiger partial charge in [0.05, 0.1) is 0 Å². The fourth-order valence-corrected chi connectivity index (χ4v) is 2.94. The van der Waals surface area contributed by atoms with E-state index in [1.54, 1.807) is 12.1 Å². The van der Waals surface area contributed by atoms with Gasteiger partial charge in [-0.1, -0.05) is 24.6 Å². The fourth-order valence-electron chi connectivity index (χ4n) is 2.76. The van der Waals surface area contributed by atoms with E-state index in [0.29, 0.717) is 18.2 Å². The first kappa shape index (κ1) is 15.1. The van der Waals surface area contributed by atoms with Gasteiger partial charge in [-0.3, -0.25) is 9.69 Å². The van der Waals surface area contributed by atoms with Crippen LogP contribution in [0.25, 0.3) is 0 Å². The van der Waals surface area contributed by atoms with Crippen LogP contribution in [0, 0.1) is 5.92 Å². The highest BCUT2D eigenvalue weighted by Crippen LogP contribution is 2.23. The zero-order chi connectivity index (χ0) is 14.5. The van der Waals surface area contributed by atoms with Crippen molar-refractivity contribution in [2.45, 2.75) is 25.8 Å². The number of halogens is 1. The number of likely N-dealkylation sites (tertiary alicyclic amines) is 1. The van der Waals surface area contributed by atoms with Crippen molar-refractivity contribution in [2.75, 3.05) is 19.7 Å². The van der Waals surface area contributed by atoms with Crippen LogP contribution in [-0.2, 0) is 4.79 Å². The molecule has 2 unspecified atom stereocenters. The average Bonchev–Trinajstić information content (AvgIpc) is 2.38. The molecule has 1 heterocycles. The molecule has 1 saturated heterocycles. The quantitative estimate of drug-likeness (QED) is 0.908. The Balaban J connectivity index is 1.87. The lowest BCUT2D eigenvalue weighted by Gasteiger charge is -2.37. The summed E-state index contributed by atoms with van der Waals surface area (Å²) in [7, 11) is 0. The minimum atomic E-state index is -0.736. The Kier molecular flexibility index (Phi) is 5.26. The summed E-state index contributed by atoms with van der Waals surface area (Å²) in [6.45, 7) is 3.91. The van der Waals surface area contributed by atoms with Gasteiger partial charge in [-0.15, -0.1) is 0 Å². The molecule has 0 spiro atoms. The van der Waals surface area contributed by atoms with E-state index in [1.165, 1.54) is 0 Å². The summed E-state index contributed by atoms with van der Waals surface area (Å²) < 4.78 is 5.63. The number of carboxylic acids is 1. The van der Waals surface area contributed by atoms with Gasteiger partial charge in [0.15, 0.2) is 0 Å². The van der Waals surface area contributed by atoms with Gasteiger partial charge in [-0.25, -0.2) is 0 Å². The molecule has 1 aromatic rings. The molecule has 1 fully saturated rings. The molecule has 0 saturated carbocycles. The molecular formula is C15H20ClNO3. The van der Waals surface area contributed by atoms with Crippen LogP contribution in [0.2, 0.25) is 5.02 Å². The van der Waals surface area contributed by atoms with Gasteiger partial charge in [0.25, 0.3) is 0 Å². The van der Waals surface area contributed by atoms with Crippen molar-refractivity contribution in [1.82, 2.24) is 4.90 Å². The number of nitrogens with zero attached hydrogens (tertiary/aromatic N) is 1. The van der Waals surface area contributed by atoms with Gasteiger partial charge < -0.3 is 9.84 Å². The number of hydrogen-bond donors (Lipinski definition) is 1. The fraction of sp³-hybridized carbons (Fsp3) is 0.533. The predicted octanol–water partition coefficient (Wildman–Crippen LogP) is 2.90. The number of ether oxygens (including phenoxy) is 1. The molecule has 0 aromatic heterocycles. The molecule has 1 N–H and O–H groups in total. The van der Waals surface area contributed by atoms with Crippen LogP contribution in [0.3, 0.4) is 0 Å². The van der Waals surface area contributed by atoms with Crippen molar-refractivity contribution in [2.24, 2.45) is 5.92 Å². The van der Waals surface area contributed by atoms with Crippen molar-refractivity contribution in [1.29, 1.82) is 0 Å². The topological polar surface area (TPSA) is 49.8 Å². The predicted molar refractivity (Wildman–Crippen MR) is 78.3 cm³/mol. The summed E-state index contributed by atoms with van der Waals surface area (Å²) in [5.74, 6) is 0.168. The maximum absolute atomic E-state index is 11.4. The standard InChI is InChI=1S/C15H20ClNO3/c1-11-4-3-7-17(14(11)15(18)19)8-9-20-13-6-2-5-12(16)10-13/h2,5-6,10-11,14H,3-4,7-9H2,1H3,(H,18,19). The lowest BCUT2D eigenvalue weighted by atomic mass is 9.91. The molecule has 1 aliphatic rings. The summed E-state index contributed by atoms with van der Waals surface area (Å²) in [4.78, 5) is 13.4. The van der Waals surface area contributed by atoms with Crippen LogP contribution in [0.5, 0.6) is 5.75 Å². The molecule has 5 heteroatoms. The summed E-state index contributed by atoms with van der Waals surface area (Å²) in [6, 6.07) is 6.84. The summed E-state index contributed by atoms with van der Waals surface area (Å²) in [6.07, 6.45) is 2.02. The van der Waals surface area contributed by atoms with E-state index in [-0.39, 0.29) is 5.92 Å². The zero-order valence-corrected chi connectivity index (χ0v) is 12.3. The average molecular weight is 298 g/mol. The molecule has 2 atom stereocenters. The van der Waals surface area contributed by atoms with E-state index >= 15 is 0 Å². The lowest BCUT2D eigenvalue weighted by molar-refractivity contribution is -0.147. The number of piperidine rings is 1. The Morgan fingerprint density at radius 2 is 2.35 bits per heavy atom. The van der Waals surface area contributed by atoms with Crippen LogP contribution in [0.15, 0.2) is 24.3 Å². The van der Waals surface area contributed by atoms with Gasteiger partial charge in [-0.2, -0.15) is 0 Å². The lowest BCUT2D eigenvalue weighted by Crippen LogP contribution is -2.50. The Bertz CT molecular complexity index is 466. The van der Waals surface area contributed by atoms with Crippen molar-refractivity contribution in [3.63, 3.8) is 0 Å². The maximum atomic E-state index is 11.4.